The quantitative estimate of drug-likeness (QED) is 0.196. The number of nitrogens with zero attached hydrogens (tertiary/aromatic N) is 2. The number of hydrogen-bond acceptors (Lipinski definition) is 2. The molecular formula is C41H30N2. The molecule has 0 saturated carbocycles. The highest BCUT2D eigenvalue weighted by Crippen LogP contribution is 2.39. The predicted molar refractivity (Wildman–Crippen MR) is 181 cm³/mol. The SMILES string of the molecule is c1ccc(-c2ccc(N(c3ccc(-c4ccccc4)cc3)c3ccc(-c4ccccc4-c4cccnc4)cc3)cc2)cc1. The summed E-state index contributed by atoms with van der Waals surface area (Å²) in [6.07, 6.45) is 3.74. The summed E-state index contributed by atoms with van der Waals surface area (Å²) in [5.74, 6) is 0. The molecule has 0 aliphatic heterocycles. The van der Waals surface area contributed by atoms with E-state index in [1.807, 2.05) is 18.5 Å². The van der Waals surface area contributed by atoms with Gasteiger partial charge in [-0.15, -0.1) is 0 Å². The minimum atomic E-state index is 1.10. The molecule has 7 aromatic rings. The van der Waals surface area contributed by atoms with Gasteiger partial charge in [-0.25, -0.2) is 0 Å². The summed E-state index contributed by atoms with van der Waals surface area (Å²) in [5.41, 5.74) is 12.8. The van der Waals surface area contributed by atoms with Crippen LogP contribution in [0.1, 0.15) is 0 Å². The Morgan fingerprint density at radius 1 is 0.302 bits per heavy atom. The van der Waals surface area contributed by atoms with Gasteiger partial charge in [0, 0.05) is 35.0 Å². The van der Waals surface area contributed by atoms with Crippen molar-refractivity contribution in [1.82, 2.24) is 4.98 Å². The van der Waals surface area contributed by atoms with Gasteiger partial charge in [-0.2, -0.15) is 0 Å². The predicted octanol–water partition coefficient (Wildman–Crippen LogP) is 11.2. The van der Waals surface area contributed by atoms with Crippen LogP contribution in [0, 0.1) is 0 Å². The Bertz CT molecular complexity index is 1830. The molecule has 1 aromatic heterocycles. The van der Waals surface area contributed by atoms with Gasteiger partial charge >= 0.3 is 0 Å². The monoisotopic (exact) mass is 550 g/mol. The minimum Gasteiger partial charge on any atom is -0.311 e. The van der Waals surface area contributed by atoms with Crippen molar-refractivity contribution in [3.8, 4) is 44.5 Å². The van der Waals surface area contributed by atoms with Crippen molar-refractivity contribution in [2.24, 2.45) is 0 Å². The van der Waals surface area contributed by atoms with Gasteiger partial charge in [0.2, 0.25) is 0 Å². The van der Waals surface area contributed by atoms with Gasteiger partial charge in [0.1, 0.15) is 0 Å². The van der Waals surface area contributed by atoms with Crippen LogP contribution in [0.5, 0.6) is 0 Å². The zero-order valence-electron chi connectivity index (χ0n) is 23.7. The highest BCUT2D eigenvalue weighted by atomic mass is 15.1. The molecule has 0 atom stereocenters. The lowest BCUT2D eigenvalue weighted by Gasteiger charge is -2.26. The van der Waals surface area contributed by atoms with Gasteiger partial charge in [-0.05, 0) is 81.4 Å². The van der Waals surface area contributed by atoms with Crippen molar-refractivity contribution in [2.75, 3.05) is 4.90 Å². The zero-order chi connectivity index (χ0) is 28.8. The molecule has 0 amide bonds. The smallest absolute Gasteiger partial charge is 0.0462 e. The molecule has 204 valence electrons. The number of hydrogen-bond donors (Lipinski definition) is 0. The van der Waals surface area contributed by atoms with Gasteiger partial charge in [-0.1, -0.05) is 127 Å². The fourth-order valence-electron chi connectivity index (χ4n) is 5.61. The van der Waals surface area contributed by atoms with Crippen molar-refractivity contribution in [1.29, 1.82) is 0 Å². The standard InChI is InChI=1S/C41H30N2/c1-3-10-31(11-4-1)33-17-23-37(24-18-33)43(38-25-19-34(20-26-38)32-12-5-2-6-13-32)39-27-21-35(22-28-39)40-15-7-8-16-41(40)36-14-9-29-42-30-36/h1-30H. The van der Waals surface area contributed by atoms with E-state index < -0.39 is 0 Å². The third-order valence-corrected chi connectivity index (χ3v) is 7.80. The van der Waals surface area contributed by atoms with Crippen molar-refractivity contribution in [3.63, 3.8) is 0 Å². The third kappa shape index (κ3) is 5.59. The first-order chi connectivity index (χ1) is 21.3. The lowest BCUT2D eigenvalue weighted by Crippen LogP contribution is -2.09. The maximum absolute atomic E-state index is 4.34. The van der Waals surface area contributed by atoms with Crippen molar-refractivity contribution in [2.45, 2.75) is 0 Å². The Morgan fingerprint density at radius 2 is 0.674 bits per heavy atom. The van der Waals surface area contributed by atoms with E-state index in [1.54, 1.807) is 0 Å². The second-order valence-corrected chi connectivity index (χ2v) is 10.5. The van der Waals surface area contributed by atoms with Crippen LogP contribution in [0.3, 0.4) is 0 Å². The Balaban J connectivity index is 1.27. The lowest BCUT2D eigenvalue weighted by molar-refractivity contribution is 1.28. The van der Waals surface area contributed by atoms with Gasteiger partial charge in [0.05, 0.1) is 0 Å². The Kier molecular flexibility index (Phi) is 7.32. The van der Waals surface area contributed by atoms with Gasteiger partial charge in [-0.3, -0.25) is 4.98 Å². The second kappa shape index (κ2) is 12.0. The van der Waals surface area contributed by atoms with E-state index in [2.05, 4.69) is 174 Å². The summed E-state index contributed by atoms with van der Waals surface area (Å²) in [6, 6.07) is 60.2. The summed E-state index contributed by atoms with van der Waals surface area (Å²) >= 11 is 0. The molecule has 0 radical (unpaired) electrons. The molecule has 0 unspecified atom stereocenters. The molecule has 43 heavy (non-hydrogen) atoms. The average molecular weight is 551 g/mol. The zero-order valence-corrected chi connectivity index (χ0v) is 23.7. The Labute approximate surface area is 253 Å². The number of pyridine rings is 1. The van der Waals surface area contributed by atoms with Gasteiger partial charge < -0.3 is 4.90 Å². The first kappa shape index (κ1) is 26.2. The first-order valence-corrected chi connectivity index (χ1v) is 14.5. The summed E-state index contributed by atoms with van der Waals surface area (Å²) in [6.45, 7) is 0. The van der Waals surface area contributed by atoms with Crippen molar-refractivity contribution >= 4 is 17.1 Å². The lowest BCUT2D eigenvalue weighted by atomic mass is 9.95. The number of rotatable bonds is 7. The molecule has 1 heterocycles. The summed E-state index contributed by atoms with van der Waals surface area (Å²) in [4.78, 5) is 6.66. The normalized spacial score (nSPS) is 10.8. The minimum absolute atomic E-state index is 1.10. The Morgan fingerprint density at radius 3 is 1.12 bits per heavy atom. The summed E-state index contributed by atoms with van der Waals surface area (Å²) < 4.78 is 0. The molecule has 6 aromatic carbocycles. The molecule has 0 spiro atoms. The first-order valence-electron chi connectivity index (χ1n) is 14.5. The van der Waals surface area contributed by atoms with Crippen LogP contribution in [0.25, 0.3) is 44.5 Å². The number of benzene rings is 6. The van der Waals surface area contributed by atoms with Crippen LogP contribution in [0.15, 0.2) is 182 Å². The average Bonchev–Trinajstić information content (AvgIpc) is 3.10. The van der Waals surface area contributed by atoms with Gasteiger partial charge in [0.15, 0.2) is 0 Å². The van der Waals surface area contributed by atoms with Gasteiger partial charge in [0.25, 0.3) is 0 Å². The van der Waals surface area contributed by atoms with Crippen LogP contribution >= 0.6 is 0 Å². The molecule has 2 heteroatoms. The van der Waals surface area contributed by atoms with E-state index in [0.717, 1.165) is 22.6 Å². The molecule has 0 fully saturated rings. The number of aromatic nitrogens is 1. The number of anilines is 3. The molecule has 2 nitrogen and oxygen atoms in total. The topological polar surface area (TPSA) is 16.1 Å². The van der Waals surface area contributed by atoms with E-state index in [4.69, 9.17) is 0 Å². The highest BCUT2D eigenvalue weighted by molar-refractivity contribution is 5.85. The molecule has 0 saturated heterocycles. The van der Waals surface area contributed by atoms with E-state index in [-0.39, 0.29) is 0 Å². The maximum atomic E-state index is 4.34. The van der Waals surface area contributed by atoms with Crippen LogP contribution in [0.2, 0.25) is 0 Å². The molecule has 0 bridgehead atoms. The second-order valence-electron chi connectivity index (χ2n) is 10.5. The maximum Gasteiger partial charge on any atom is 0.0462 e. The third-order valence-electron chi connectivity index (χ3n) is 7.80. The highest BCUT2D eigenvalue weighted by Gasteiger charge is 2.14. The molecule has 0 aliphatic rings. The van der Waals surface area contributed by atoms with Crippen LogP contribution < -0.4 is 4.90 Å². The largest absolute Gasteiger partial charge is 0.311 e. The van der Waals surface area contributed by atoms with Crippen LogP contribution in [-0.2, 0) is 0 Å². The van der Waals surface area contributed by atoms with Crippen LogP contribution in [-0.4, -0.2) is 4.98 Å². The fraction of sp³-hybridized carbons (Fsp3) is 0. The van der Waals surface area contributed by atoms with Crippen LogP contribution in [0.4, 0.5) is 17.1 Å². The molecular weight excluding hydrogens is 520 g/mol. The van der Waals surface area contributed by atoms with E-state index in [9.17, 15) is 0 Å². The van der Waals surface area contributed by atoms with Crippen molar-refractivity contribution in [3.05, 3.63) is 182 Å². The summed E-state index contributed by atoms with van der Waals surface area (Å²) in [7, 11) is 0. The molecule has 0 aliphatic carbocycles. The molecule has 7 rings (SSSR count). The molecule has 0 N–H and O–H groups in total. The summed E-state index contributed by atoms with van der Waals surface area (Å²) in [5, 5.41) is 0. The van der Waals surface area contributed by atoms with E-state index in [0.29, 0.717) is 0 Å². The van der Waals surface area contributed by atoms with E-state index in [1.165, 1.54) is 38.9 Å². The Hall–Kier alpha value is -5.73. The van der Waals surface area contributed by atoms with Crippen molar-refractivity contribution < 1.29 is 0 Å². The fourth-order valence-corrected chi connectivity index (χ4v) is 5.61. The van der Waals surface area contributed by atoms with E-state index >= 15 is 0 Å².